The molecule has 0 fully saturated rings. The van der Waals surface area contributed by atoms with E-state index in [0.29, 0.717) is 49.6 Å². The Labute approximate surface area is 391 Å². The molecule has 0 aliphatic heterocycles. The van der Waals surface area contributed by atoms with Crippen molar-refractivity contribution in [3.8, 4) is 23.0 Å². The quantitative estimate of drug-likeness (QED) is 0.0769. The molecule has 0 saturated heterocycles. The Kier molecular flexibility index (Phi) is 20.8. The number of ether oxygens (including phenoxy) is 4. The molecule has 0 heterocycles. The number of benzene rings is 3. The zero-order valence-electron chi connectivity index (χ0n) is 43.2. The summed E-state index contributed by atoms with van der Waals surface area (Å²) >= 11 is 0. The summed E-state index contributed by atoms with van der Waals surface area (Å²) in [7, 11) is -5.40. The molecule has 64 heavy (non-hydrogen) atoms. The number of hydrogen-bond donors (Lipinski definition) is 2. The maximum atomic E-state index is 14.2. The van der Waals surface area contributed by atoms with E-state index in [1.807, 2.05) is 132 Å². The standard InChI is InChI=1S/C54H90N2O6P2/c1-17-21-23-41(19-3)37-59-49-33-44(36-56-46-27-31-48(32-28-46)62-40-64(58,53(11,12)13)54(14,15)16)50(60-38-42(20-4)24-22-18-2)34-43(49)35-55-45-25-29-47(30-26-45)61-39-63(57,51(5,6)7)52(8,9)10/h25-34,41-42,55-56H,17-24,35-40H2,1-16H3. The van der Waals surface area contributed by atoms with Gasteiger partial charge in [-0.15, -0.1) is 0 Å². The smallest absolute Gasteiger partial charge is 0.142 e. The first-order chi connectivity index (χ1) is 29.8. The van der Waals surface area contributed by atoms with Gasteiger partial charge in [0.25, 0.3) is 0 Å². The molecule has 0 aliphatic rings. The summed E-state index contributed by atoms with van der Waals surface area (Å²) in [6.07, 6.45) is 9.54. The Morgan fingerprint density at radius 2 is 0.797 bits per heavy atom. The molecule has 3 aromatic rings. The molecular weight excluding hydrogens is 835 g/mol. The van der Waals surface area contributed by atoms with E-state index in [-0.39, 0.29) is 33.3 Å². The van der Waals surface area contributed by atoms with Gasteiger partial charge >= 0.3 is 0 Å². The van der Waals surface area contributed by atoms with Crippen molar-refractivity contribution in [1.29, 1.82) is 0 Å². The van der Waals surface area contributed by atoms with Crippen LogP contribution in [0.5, 0.6) is 23.0 Å². The van der Waals surface area contributed by atoms with Crippen molar-refractivity contribution < 1.29 is 28.1 Å². The minimum Gasteiger partial charge on any atom is -0.493 e. The number of hydrogen-bond acceptors (Lipinski definition) is 8. The number of nitrogens with one attached hydrogen (secondary N) is 2. The molecular formula is C54H90N2O6P2. The molecule has 362 valence electrons. The Bertz CT molecular complexity index is 1760. The lowest BCUT2D eigenvalue weighted by molar-refractivity contribution is 0.225. The third kappa shape index (κ3) is 15.5. The van der Waals surface area contributed by atoms with Crippen LogP contribution in [0.15, 0.2) is 60.7 Å². The van der Waals surface area contributed by atoms with Crippen LogP contribution in [0.2, 0.25) is 0 Å². The van der Waals surface area contributed by atoms with Crippen LogP contribution in [0.4, 0.5) is 11.4 Å². The van der Waals surface area contributed by atoms with Crippen molar-refractivity contribution in [2.75, 3.05) is 36.5 Å². The molecule has 10 heteroatoms. The number of rotatable bonds is 26. The predicted molar refractivity (Wildman–Crippen MR) is 277 cm³/mol. The number of unbranched alkanes of at least 4 members (excludes halogenated alkanes) is 2. The van der Waals surface area contributed by atoms with Crippen molar-refractivity contribution in [1.82, 2.24) is 0 Å². The molecule has 0 radical (unpaired) electrons. The summed E-state index contributed by atoms with van der Waals surface area (Å²) in [5.74, 6) is 4.07. The molecule has 8 nitrogen and oxygen atoms in total. The van der Waals surface area contributed by atoms with E-state index in [2.05, 4.69) is 50.5 Å². The van der Waals surface area contributed by atoms with Gasteiger partial charge in [-0.1, -0.05) is 149 Å². The average molecular weight is 925 g/mol. The maximum absolute atomic E-state index is 14.2. The molecule has 2 N–H and O–H groups in total. The van der Waals surface area contributed by atoms with Gasteiger partial charge in [0.2, 0.25) is 0 Å². The van der Waals surface area contributed by atoms with Crippen LogP contribution >= 0.6 is 14.3 Å². The Morgan fingerprint density at radius 3 is 1.06 bits per heavy atom. The first-order valence-electron chi connectivity index (χ1n) is 24.4. The van der Waals surface area contributed by atoms with Gasteiger partial charge < -0.3 is 38.7 Å². The van der Waals surface area contributed by atoms with E-state index in [0.717, 1.165) is 59.7 Å². The fourth-order valence-electron chi connectivity index (χ4n) is 8.25. The molecule has 0 bridgehead atoms. The zero-order valence-corrected chi connectivity index (χ0v) is 45.0. The minimum absolute atomic E-state index is 0.199. The first-order valence-corrected chi connectivity index (χ1v) is 28.1. The van der Waals surface area contributed by atoms with Gasteiger partial charge in [-0.3, -0.25) is 0 Å². The van der Waals surface area contributed by atoms with Gasteiger partial charge in [0.05, 0.1) is 13.2 Å². The van der Waals surface area contributed by atoms with Gasteiger partial charge in [0.1, 0.15) is 50.0 Å². The van der Waals surface area contributed by atoms with Crippen LogP contribution in [0.3, 0.4) is 0 Å². The highest BCUT2D eigenvalue weighted by Gasteiger charge is 2.47. The van der Waals surface area contributed by atoms with Crippen LogP contribution < -0.4 is 29.6 Å². The van der Waals surface area contributed by atoms with Gasteiger partial charge in [-0.2, -0.15) is 0 Å². The van der Waals surface area contributed by atoms with E-state index < -0.39 is 14.3 Å². The fraction of sp³-hybridized carbons (Fsp3) is 0.667. The lowest BCUT2D eigenvalue weighted by Gasteiger charge is -2.40. The largest absolute Gasteiger partial charge is 0.493 e. The highest BCUT2D eigenvalue weighted by molar-refractivity contribution is 7.67. The maximum Gasteiger partial charge on any atom is 0.142 e. The van der Waals surface area contributed by atoms with Crippen molar-refractivity contribution in [3.63, 3.8) is 0 Å². The second kappa shape index (κ2) is 24.1. The summed E-state index contributed by atoms with van der Waals surface area (Å²) < 4.78 is 54.4. The molecule has 2 unspecified atom stereocenters. The lowest BCUT2D eigenvalue weighted by atomic mass is 10.00. The van der Waals surface area contributed by atoms with E-state index in [1.165, 1.54) is 25.7 Å². The van der Waals surface area contributed by atoms with Crippen LogP contribution in [0, 0.1) is 11.8 Å². The van der Waals surface area contributed by atoms with Gasteiger partial charge in [-0.05, 0) is 85.3 Å². The molecule has 3 rings (SSSR count). The van der Waals surface area contributed by atoms with Gasteiger partial charge in [0.15, 0.2) is 0 Å². The van der Waals surface area contributed by atoms with Crippen LogP contribution in [-0.4, -0.2) is 46.5 Å². The lowest BCUT2D eigenvalue weighted by Crippen LogP contribution is -2.31. The molecule has 0 spiro atoms. The van der Waals surface area contributed by atoms with E-state index in [9.17, 15) is 9.13 Å². The molecule has 0 aromatic heterocycles. The summed E-state index contributed by atoms with van der Waals surface area (Å²) in [6, 6.07) is 20.2. The van der Waals surface area contributed by atoms with Crippen LogP contribution in [-0.2, 0) is 22.2 Å². The van der Waals surface area contributed by atoms with Crippen LogP contribution in [0.25, 0.3) is 0 Å². The average Bonchev–Trinajstić information content (AvgIpc) is 3.22. The summed E-state index contributed by atoms with van der Waals surface area (Å²) in [5.41, 5.74) is 3.97. The second-order valence-corrected chi connectivity index (χ2v) is 30.8. The molecule has 0 saturated carbocycles. The van der Waals surface area contributed by atoms with Crippen molar-refractivity contribution in [2.24, 2.45) is 11.8 Å². The van der Waals surface area contributed by atoms with Crippen molar-refractivity contribution >= 4 is 25.7 Å². The summed E-state index contributed by atoms with van der Waals surface area (Å²) in [6.45, 7) is 36.0. The topological polar surface area (TPSA) is 95.1 Å². The Morgan fingerprint density at radius 1 is 0.484 bits per heavy atom. The Hall–Kier alpha value is -3.08. The predicted octanol–water partition coefficient (Wildman–Crippen LogP) is 16.7. The summed E-state index contributed by atoms with van der Waals surface area (Å²) in [5, 5.41) is 5.82. The summed E-state index contributed by atoms with van der Waals surface area (Å²) in [4.78, 5) is 0. The zero-order chi connectivity index (χ0) is 48.0. The fourth-order valence-corrected chi connectivity index (χ4v) is 14.5. The number of anilines is 2. The van der Waals surface area contributed by atoms with E-state index >= 15 is 0 Å². The van der Waals surface area contributed by atoms with Crippen molar-refractivity contribution in [2.45, 2.75) is 196 Å². The van der Waals surface area contributed by atoms with Gasteiger partial charge in [0, 0.05) is 56.2 Å². The third-order valence-corrected chi connectivity index (χ3v) is 22.8. The highest BCUT2D eigenvalue weighted by Crippen LogP contribution is 2.67. The van der Waals surface area contributed by atoms with E-state index in [4.69, 9.17) is 18.9 Å². The Balaban J connectivity index is 1.93. The van der Waals surface area contributed by atoms with E-state index in [1.54, 1.807) is 0 Å². The third-order valence-electron chi connectivity index (χ3n) is 13.1. The SMILES string of the molecule is CCCCC(CC)COc1cc(CNc2ccc(OCP(=O)(C(C)(C)C)C(C)(C)C)cc2)c(OCC(CC)CCCC)cc1CNc1ccc(OCP(=O)(C(C)(C)C)C(C)(C)C)cc1. The highest BCUT2D eigenvalue weighted by atomic mass is 31.2. The minimum atomic E-state index is -2.70. The van der Waals surface area contributed by atoms with Crippen molar-refractivity contribution in [3.05, 3.63) is 71.8 Å². The second-order valence-electron chi connectivity index (χ2n) is 22.0. The first kappa shape index (κ1) is 55.2. The van der Waals surface area contributed by atoms with Gasteiger partial charge in [-0.25, -0.2) is 0 Å². The molecule has 2 atom stereocenters. The normalized spacial score (nSPS) is 13.9. The molecule has 0 aliphatic carbocycles. The van der Waals surface area contributed by atoms with Crippen LogP contribution in [0.1, 0.15) is 173 Å². The molecule has 0 amide bonds. The molecule has 3 aromatic carbocycles. The monoisotopic (exact) mass is 925 g/mol.